The molecule has 0 amide bonds. The van der Waals surface area contributed by atoms with Gasteiger partial charge in [0.25, 0.3) is 5.82 Å². The van der Waals surface area contributed by atoms with Crippen molar-refractivity contribution in [3.05, 3.63) is 71.4 Å². The lowest BCUT2D eigenvalue weighted by Crippen LogP contribution is -2.34. The molecule has 0 aliphatic heterocycles. The molecule has 7 rings (SSSR count). The van der Waals surface area contributed by atoms with E-state index in [0.717, 1.165) is 27.7 Å². The molecule has 3 aromatic carbocycles. The van der Waals surface area contributed by atoms with Crippen molar-refractivity contribution in [1.29, 1.82) is 0 Å². The van der Waals surface area contributed by atoms with Crippen LogP contribution in [-0.4, -0.2) is 9.55 Å². The zero-order valence-corrected chi connectivity index (χ0v) is 22.9. The van der Waals surface area contributed by atoms with Gasteiger partial charge in [-0.15, -0.1) is 0 Å². The predicted molar refractivity (Wildman–Crippen MR) is 152 cm³/mol. The number of fused-ring (bicyclic) bond motifs is 8. The second-order valence-electron chi connectivity index (χ2n) is 12.3. The normalized spacial score (nSPS) is 16.7. The summed E-state index contributed by atoms with van der Waals surface area (Å²) in [6, 6.07) is 17.7. The molecule has 186 valence electrons. The molecule has 0 saturated heterocycles. The van der Waals surface area contributed by atoms with Crippen LogP contribution >= 0.6 is 0 Å². The molecule has 1 aliphatic rings. The largest absolute Gasteiger partial charge is 0.437 e. The second-order valence-corrected chi connectivity index (χ2v) is 12.3. The van der Waals surface area contributed by atoms with E-state index in [1.165, 1.54) is 51.3 Å². The van der Waals surface area contributed by atoms with Gasteiger partial charge in [0.2, 0.25) is 5.71 Å². The van der Waals surface area contributed by atoms with E-state index >= 15 is 0 Å². The summed E-state index contributed by atoms with van der Waals surface area (Å²) in [5.41, 5.74) is 9.54. The SMILES string of the molecule is Cc1ccc2c(oc3ncc4c5c(ccc4c32)C(C)(C)CCC5(C)C)c1-c1n(C)c2ccccc2[n+]1C. The first-order valence-corrected chi connectivity index (χ1v) is 13.3. The van der Waals surface area contributed by atoms with E-state index in [0.29, 0.717) is 5.71 Å². The lowest BCUT2D eigenvalue weighted by Gasteiger charge is -2.42. The molecule has 4 nitrogen and oxygen atoms in total. The summed E-state index contributed by atoms with van der Waals surface area (Å²) >= 11 is 0. The number of furan rings is 1. The van der Waals surface area contributed by atoms with E-state index in [2.05, 4.69) is 113 Å². The van der Waals surface area contributed by atoms with Crippen LogP contribution in [0.25, 0.3) is 55.3 Å². The molecule has 3 aromatic heterocycles. The van der Waals surface area contributed by atoms with Crippen LogP contribution in [-0.2, 0) is 24.9 Å². The third-order valence-corrected chi connectivity index (χ3v) is 9.12. The van der Waals surface area contributed by atoms with E-state index in [4.69, 9.17) is 9.40 Å². The maximum Gasteiger partial charge on any atom is 0.293 e. The maximum atomic E-state index is 6.63. The zero-order chi connectivity index (χ0) is 25.9. The van der Waals surface area contributed by atoms with Crippen LogP contribution in [0, 0.1) is 6.92 Å². The van der Waals surface area contributed by atoms with Gasteiger partial charge in [0, 0.05) is 17.0 Å². The fourth-order valence-electron chi connectivity index (χ4n) is 6.97. The van der Waals surface area contributed by atoms with Crippen LogP contribution in [0.15, 0.2) is 59.1 Å². The van der Waals surface area contributed by atoms with Gasteiger partial charge < -0.3 is 4.42 Å². The summed E-state index contributed by atoms with van der Waals surface area (Å²) in [6.07, 6.45) is 4.44. The van der Waals surface area contributed by atoms with Crippen molar-refractivity contribution in [2.75, 3.05) is 0 Å². The number of pyridine rings is 1. The van der Waals surface area contributed by atoms with Crippen LogP contribution in [0.4, 0.5) is 0 Å². The number of aromatic nitrogens is 3. The van der Waals surface area contributed by atoms with Gasteiger partial charge >= 0.3 is 0 Å². The Balaban J connectivity index is 1.60. The van der Waals surface area contributed by atoms with Gasteiger partial charge in [-0.2, -0.15) is 0 Å². The summed E-state index contributed by atoms with van der Waals surface area (Å²) in [6.45, 7) is 11.7. The smallest absolute Gasteiger partial charge is 0.293 e. The Morgan fingerprint density at radius 2 is 1.62 bits per heavy atom. The summed E-state index contributed by atoms with van der Waals surface area (Å²) in [5, 5.41) is 4.76. The molecule has 37 heavy (non-hydrogen) atoms. The van der Waals surface area contributed by atoms with E-state index in [9.17, 15) is 0 Å². The highest BCUT2D eigenvalue weighted by atomic mass is 16.3. The van der Waals surface area contributed by atoms with E-state index in [1.807, 2.05) is 0 Å². The number of benzene rings is 3. The average molecular weight is 489 g/mol. The van der Waals surface area contributed by atoms with Crippen molar-refractivity contribution in [1.82, 2.24) is 9.55 Å². The first-order valence-electron chi connectivity index (χ1n) is 13.3. The number of hydrogen-bond acceptors (Lipinski definition) is 2. The molecular formula is C33H34N3O+. The molecule has 1 aliphatic carbocycles. The lowest BCUT2D eigenvalue weighted by atomic mass is 9.62. The maximum absolute atomic E-state index is 6.63. The monoisotopic (exact) mass is 488 g/mol. The average Bonchev–Trinajstić information content (AvgIpc) is 3.37. The summed E-state index contributed by atoms with van der Waals surface area (Å²) in [5.74, 6) is 1.13. The molecule has 4 heteroatoms. The first kappa shape index (κ1) is 22.5. The zero-order valence-electron chi connectivity index (χ0n) is 22.9. The van der Waals surface area contributed by atoms with Crippen LogP contribution in [0.2, 0.25) is 0 Å². The van der Waals surface area contributed by atoms with E-state index < -0.39 is 0 Å². The van der Waals surface area contributed by atoms with Gasteiger partial charge in [-0.3, -0.25) is 0 Å². The summed E-state index contributed by atoms with van der Waals surface area (Å²) in [7, 11) is 4.28. The molecule has 0 saturated carbocycles. The van der Waals surface area contributed by atoms with Gasteiger partial charge in [-0.25, -0.2) is 14.1 Å². The third kappa shape index (κ3) is 2.90. The first-order chi connectivity index (χ1) is 17.6. The number of rotatable bonds is 1. The molecule has 0 N–H and O–H groups in total. The summed E-state index contributed by atoms with van der Waals surface area (Å²) < 4.78 is 11.2. The molecule has 0 radical (unpaired) electrons. The van der Waals surface area contributed by atoms with Crippen molar-refractivity contribution in [2.24, 2.45) is 14.1 Å². The molecule has 6 aromatic rings. The van der Waals surface area contributed by atoms with E-state index in [-0.39, 0.29) is 10.8 Å². The number of para-hydroxylation sites is 2. The standard InChI is InChI=1S/C33H34N3O/c1-19-12-13-21-27-20-14-15-23-28(33(4,5)17-16-32(23,2)3)22(20)18-34-30(27)37-29(21)26(19)31-35(6)24-10-8-9-11-25(24)36(31)7/h8-15,18H,16-17H2,1-7H3/q+1. The van der Waals surface area contributed by atoms with Crippen molar-refractivity contribution in [2.45, 2.75) is 58.3 Å². The number of nitrogens with zero attached hydrogens (tertiary/aromatic N) is 3. The van der Waals surface area contributed by atoms with Gasteiger partial charge in [-0.05, 0) is 64.8 Å². The van der Waals surface area contributed by atoms with Crippen molar-refractivity contribution >= 4 is 43.9 Å². The van der Waals surface area contributed by atoms with Gasteiger partial charge in [-0.1, -0.05) is 64.1 Å². The topological polar surface area (TPSA) is 34.8 Å². The Morgan fingerprint density at radius 3 is 2.41 bits per heavy atom. The Bertz CT molecular complexity index is 1880. The Hall–Kier alpha value is -3.66. The van der Waals surface area contributed by atoms with Gasteiger partial charge in [0.15, 0.2) is 16.6 Å². The predicted octanol–water partition coefficient (Wildman–Crippen LogP) is 7.77. The highest BCUT2D eigenvalue weighted by Crippen LogP contribution is 2.50. The minimum atomic E-state index is 0.109. The Labute approximate surface area is 217 Å². The second kappa shape index (κ2) is 7.22. The number of hydrogen-bond donors (Lipinski definition) is 0. The summed E-state index contributed by atoms with van der Waals surface area (Å²) in [4.78, 5) is 4.94. The van der Waals surface area contributed by atoms with Gasteiger partial charge in [0.1, 0.15) is 5.56 Å². The Morgan fingerprint density at radius 1 is 0.892 bits per heavy atom. The molecule has 0 bridgehead atoms. The molecule has 3 heterocycles. The molecule has 0 unspecified atom stereocenters. The highest BCUT2D eigenvalue weighted by Gasteiger charge is 2.38. The van der Waals surface area contributed by atoms with E-state index in [1.54, 1.807) is 0 Å². The fourth-order valence-corrected chi connectivity index (χ4v) is 6.97. The molecular weight excluding hydrogens is 454 g/mol. The van der Waals surface area contributed by atoms with Crippen LogP contribution in [0.3, 0.4) is 0 Å². The number of imidazole rings is 1. The Kier molecular flexibility index (Phi) is 4.40. The lowest BCUT2D eigenvalue weighted by molar-refractivity contribution is -0.634. The van der Waals surface area contributed by atoms with Crippen LogP contribution < -0.4 is 4.57 Å². The van der Waals surface area contributed by atoms with Crippen molar-refractivity contribution < 1.29 is 8.98 Å². The van der Waals surface area contributed by atoms with Crippen molar-refractivity contribution in [3.8, 4) is 11.4 Å². The van der Waals surface area contributed by atoms with Crippen LogP contribution in [0.5, 0.6) is 0 Å². The molecule has 0 fully saturated rings. The van der Waals surface area contributed by atoms with Gasteiger partial charge in [0.05, 0.1) is 19.5 Å². The quantitative estimate of drug-likeness (QED) is 0.222. The highest BCUT2D eigenvalue weighted by molar-refractivity contribution is 6.20. The molecule has 0 atom stereocenters. The minimum absolute atomic E-state index is 0.109. The minimum Gasteiger partial charge on any atom is -0.437 e. The third-order valence-electron chi connectivity index (χ3n) is 9.12. The van der Waals surface area contributed by atoms with Crippen LogP contribution in [0.1, 0.15) is 57.2 Å². The fraction of sp³-hybridized carbons (Fsp3) is 0.333. The number of aryl methyl sites for hydroxylation is 3. The molecule has 0 spiro atoms. The van der Waals surface area contributed by atoms with Crippen molar-refractivity contribution in [3.63, 3.8) is 0 Å².